The maximum absolute atomic E-state index is 12.7. The molecular weight excluding hydrogens is 338 g/mol. The number of hydrogen-bond donors (Lipinski definition) is 0. The van der Waals surface area contributed by atoms with Gasteiger partial charge >= 0.3 is 0 Å². The second kappa shape index (κ2) is 7.63. The summed E-state index contributed by atoms with van der Waals surface area (Å²) in [6.45, 7) is 12.4. The van der Waals surface area contributed by atoms with E-state index in [2.05, 4.69) is 25.2 Å². The van der Waals surface area contributed by atoms with Gasteiger partial charge in [-0.25, -0.2) is 4.98 Å². The van der Waals surface area contributed by atoms with E-state index in [1.807, 2.05) is 39.2 Å². The van der Waals surface area contributed by atoms with Crippen LogP contribution in [-0.4, -0.2) is 46.5 Å². The Morgan fingerprint density at radius 1 is 1.33 bits per heavy atom. The van der Waals surface area contributed by atoms with E-state index in [1.165, 1.54) is 5.69 Å². The van der Waals surface area contributed by atoms with E-state index in [9.17, 15) is 4.79 Å². The molecule has 2 aromatic heterocycles. The Morgan fingerprint density at radius 3 is 2.59 bits per heavy atom. The molecule has 0 spiro atoms. The van der Waals surface area contributed by atoms with Gasteiger partial charge in [-0.3, -0.25) is 4.79 Å². The minimum absolute atomic E-state index is 0.0363. The molecule has 2 aromatic rings. The van der Waals surface area contributed by atoms with Crippen LogP contribution in [0.25, 0.3) is 5.65 Å². The van der Waals surface area contributed by atoms with E-state index in [4.69, 9.17) is 9.72 Å². The van der Waals surface area contributed by atoms with Crippen LogP contribution in [0.4, 0.5) is 0 Å². The third kappa shape index (κ3) is 4.18. The lowest BCUT2D eigenvalue weighted by atomic mass is 9.86. The van der Waals surface area contributed by atoms with Gasteiger partial charge in [-0.05, 0) is 51.2 Å². The van der Waals surface area contributed by atoms with Crippen molar-refractivity contribution in [1.29, 1.82) is 0 Å². The van der Waals surface area contributed by atoms with E-state index in [0.717, 1.165) is 43.8 Å². The summed E-state index contributed by atoms with van der Waals surface area (Å²) in [5.41, 5.74) is 3.94. The average Bonchev–Trinajstić information content (AvgIpc) is 2.99. The molecule has 0 bridgehead atoms. The van der Waals surface area contributed by atoms with Crippen molar-refractivity contribution in [2.24, 2.45) is 5.92 Å². The summed E-state index contributed by atoms with van der Waals surface area (Å²) < 4.78 is 7.71. The minimum Gasteiger partial charge on any atom is -0.381 e. The molecule has 0 unspecified atom stereocenters. The van der Waals surface area contributed by atoms with Crippen LogP contribution in [0.15, 0.2) is 18.3 Å². The molecule has 1 aliphatic rings. The average molecular weight is 372 g/mol. The largest absolute Gasteiger partial charge is 0.381 e. The lowest BCUT2D eigenvalue weighted by molar-refractivity contribution is 0.0661. The zero-order chi connectivity index (χ0) is 19.8. The Kier molecular flexibility index (Phi) is 5.61. The van der Waals surface area contributed by atoms with E-state index in [1.54, 1.807) is 4.90 Å². The van der Waals surface area contributed by atoms with Crippen LogP contribution >= 0.6 is 0 Å². The molecule has 1 saturated heterocycles. The molecule has 1 aliphatic heterocycles. The van der Waals surface area contributed by atoms with Crippen molar-refractivity contribution in [3.8, 4) is 0 Å². The fraction of sp³-hybridized carbons (Fsp3) is 0.636. The van der Waals surface area contributed by atoms with Gasteiger partial charge in [-0.15, -0.1) is 0 Å². The molecule has 0 N–H and O–H groups in total. The molecule has 1 amide bonds. The molecule has 148 valence electrons. The molecule has 1 fully saturated rings. The first kappa shape index (κ1) is 19.9. The molecule has 0 saturated carbocycles. The molecule has 0 radical (unpaired) electrons. The van der Waals surface area contributed by atoms with Crippen molar-refractivity contribution >= 4 is 11.6 Å². The molecule has 0 aromatic carbocycles. The number of nitrogens with zero attached hydrogens (tertiary/aromatic N) is 3. The Labute approximate surface area is 162 Å². The van der Waals surface area contributed by atoms with E-state index in [-0.39, 0.29) is 17.4 Å². The number of carbonyl (C=O) groups excluding carboxylic acids is 1. The molecule has 0 aliphatic carbocycles. The van der Waals surface area contributed by atoms with Crippen LogP contribution in [0.1, 0.15) is 69.2 Å². The van der Waals surface area contributed by atoms with Crippen LogP contribution in [0.2, 0.25) is 0 Å². The Balaban J connectivity index is 2.01. The lowest BCUT2D eigenvalue weighted by Crippen LogP contribution is -2.33. The van der Waals surface area contributed by atoms with Gasteiger partial charge in [0.05, 0.1) is 5.69 Å². The molecule has 3 rings (SSSR count). The van der Waals surface area contributed by atoms with Gasteiger partial charge < -0.3 is 14.0 Å². The standard InChI is InChI=1S/C22H33N3O2/c1-15(2)24(6)21(26)17-7-10-25-18(13-16-8-11-27-12-9-16)20(22(3,4)5)23-19(25)14-17/h7,10,14-16H,8-9,11-13H2,1-6H3. The van der Waals surface area contributed by atoms with Crippen molar-refractivity contribution in [3.63, 3.8) is 0 Å². The van der Waals surface area contributed by atoms with Crippen LogP contribution in [0.5, 0.6) is 0 Å². The first-order valence-electron chi connectivity index (χ1n) is 10.0. The minimum atomic E-state index is -0.0363. The molecule has 5 heteroatoms. The number of rotatable bonds is 4. The molecule has 0 atom stereocenters. The number of imidazole rings is 1. The van der Waals surface area contributed by atoms with Gasteiger partial charge in [0.1, 0.15) is 5.65 Å². The van der Waals surface area contributed by atoms with Crippen molar-refractivity contribution in [3.05, 3.63) is 35.3 Å². The molecule has 3 heterocycles. The van der Waals surface area contributed by atoms with Gasteiger partial charge in [0.15, 0.2) is 0 Å². The maximum Gasteiger partial charge on any atom is 0.254 e. The zero-order valence-corrected chi connectivity index (χ0v) is 17.6. The highest BCUT2D eigenvalue weighted by Crippen LogP contribution is 2.30. The smallest absolute Gasteiger partial charge is 0.254 e. The van der Waals surface area contributed by atoms with Gasteiger partial charge in [-0.2, -0.15) is 0 Å². The van der Waals surface area contributed by atoms with Gasteiger partial charge in [-0.1, -0.05) is 20.8 Å². The van der Waals surface area contributed by atoms with Gasteiger partial charge in [0.2, 0.25) is 0 Å². The number of pyridine rings is 1. The Morgan fingerprint density at radius 2 is 2.00 bits per heavy atom. The highest BCUT2D eigenvalue weighted by molar-refractivity contribution is 5.95. The number of fused-ring (bicyclic) bond motifs is 1. The number of hydrogen-bond acceptors (Lipinski definition) is 3. The topological polar surface area (TPSA) is 46.8 Å². The van der Waals surface area contributed by atoms with Crippen molar-refractivity contribution < 1.29 is 9.53 Å². The van der Waals surface area contributed by atoms with Crippen LogP contribution in [-0.2, 0) is 16.6 Å². The number of aromatic nitrogens is 2. The van der Waals surface area contributed by atoms with E-state index in [0.29, 0.717) is 11.5 Å². The third-order valence-electron chi connectivity index (χ3n) is 5.60. The monoisotopic (exact) mass is 371 g/mol. The third-order valence-corrected chi connectivity index (χ3v) is 5.60. The van der Waals surface area contributed by atoms with Gasteiger partial charge in [0.25, 0.3) is 5.91 Å². The summed E-state index contributed by atoms with van der Waals surface area (Å²) in [7, 11) is 1.85. The highest BCUT2D eigenvalue weighted by atomic mass is 16.5. The first-order valence-corrected chi connectivity index (χ1v) is 10.0. The summed E-state index contributed by atoms with van der Waals surface area (Å²) >= 11 is 0. The van der Waals surface area contributed by atoms with Gasteiger partial charge in [0, 0.05) is 49.2 Å². The number of carbonyl (C=O) groups is 1. The van der Waals surface area contributed by atoms with Crippen LogP contribution < -0.4 is 0 Å². The van der Waals surface area contributed by atoms with Crippen LogP contribution in [0.3, 0.4) is 0 Å². The van der Waals surface area contributed by atoms with Crippen molar-refractivity contribution in [1.82, 2.24) is 14.3 Å². The summed E-state index contributed by atoms with van der Waals surface area (Å²) in [4.78, 5) is 19.4. The normalized spacial score (nSPS) is 16.3. The second-order valence-corrected chi connectivity index (χ2v) is 9.07. The number of amides is 1. The summed E-state index contributed by atoms with van der Waals surface area (Å²) in [6, 6.07) is 4.03. The Hall–Kier alpha value is -1.88. The zero-order valence-electron chi connectivity index (χ0n) is 17.6. The predicted molar refractivity (Wildman–Crippen MR) is 108 cm³/mol. The fourth-order valence-corrected chi connectivity index (χ4v) is 3.69. The van der Waals surface area contributed by atoms with Crippen molar-refractivity contribution in [2.75, 3.05) is 20.3 Å². The van der Waals surface area contributed by atoms with Crippen molar-refractivity contribution in [2.45, 2.75) is 65.3 Å². The molecule has 27 heavy (non-hydrogen) atoms. The Bertz CT molecular complexity index is 811. The van der Waals surface area contributed by atoms with E-state index < -0.39 is 0 Å². The quantitative estimate of drug-likeness (QED) is 0.813. The molecule has 5 nitrogen and oxygen atoms in total. The fourth-order valence-electron chi connectivity index (χ4n) is 3.69. The molecular formula is C22H33N3O2. The predicted octanol–water partition coefficient (Wildman–Crippen LogP) is 4.08. The summed E-state index contributed by atoms with van der Waals surface area (Å²) in [6.07, 6.45) is 5.24. The highest BCUT2D eigenvalue weighted by Gasteiger charge is 2.27. The summed E-state index contributed by atoms with van der Waals surface area (Å²) in [5, 5.41) is 0. The van der Waals surface area contributed by atoms with E-state index >= 15 is 0 Å². The maximum atomic E-state index is 12.7. The number of ether oxygens (including phenoxy) is 1. The first-order chi connectivity index (χ1) is 12.7. The van der Waals surface area contributed by atoms with Crippen LogP contribution in [0, 0.1) is 5.92 Å². The SMILES string of the molecule is CC(C)N(C)C(=O)c1ccn2c(CC3CCOCC3)c(C(C)(C)C)nc2c1. The summed E-state index contributed by atoms with van der Waals surface area (Å²) in [5.74, 6) is 0.673. The lowest BCUT2D eigenvalue weighted by Gasteiger charge is -2.24. The second-order valence-electron chi connectivity index (χ2n) is 9.07.